The summed E-state index contributed by atoms with van der Waals surface area (Å²) < 4.78 is 5.11. The van der Waals surface area contributed by atoms with Gasteiger partial charge >= 0.3 is 6.09 Å². The number of nitrogens with one attached hydrogen (secondary N) is 1. The summed E-state index contributed by atoms with van der Waals surface area (Å²) in [7, 11) is 0. The van der Waals surface area contributed by atoms with Gasteiger partial charge in [-0.1, -0.05) is 30.8 Å². The van der Waals surface area contributed by atoms with E-state index >= 15 is 0 Å². The van der Waals surface area contributed by atoms with Gasteiger partial charge in [0, 0.05) is 31.2 Å². The molecule has 3 rings (SSSR count). The molecule has 1 amide bonds. The lowest BCUT2D eigenvalue weighted by atomic mass is 9.98. The first-order valence-electron chi connectivity index (χ1n) is 8.59. The van der Waals surface area contributed by atoms with Gasteiger partial charge in [0.05, 0.1) is 0 Å². The minimum absolute atomic E-state index is 0.165. The highest BCUT2D eigenvalue weighted by Crippen LogP contribution is 2.21. The first kappa shape index (κ1) is 16.6. The van der Waals surface area contributed by atoms with E-state index in [0.29, 0.717) is 0 Å². The quantitative estimate of drug-likeness (QED) is 0.869. The number of likely N-dealkylation sites (tertiary alicyclic amines) is 1. The molecule has 2 aliphatic heterocycles. The molecule has 5 heteroatoms. The van der Waals surface area contributed by atoms with Gasteiger partial charge in [-0.3, -0.25) is 4.99 Å². The third-order valence-electron chi connectivity index (χ3n) is 4.47. The van der Waals surface area contributed by atoms with Crippen LogP contribution in [-0.2, 0) is 11.2 Å². The second-order valence-electron chi connectivity index (χ2n) is 6.55. The van der Waals surface area contributed by atoms with E-state index in [-0.39, 0.29) is 18.7 Å². The number of aliphatic imine (C=N–C) groups is 1. The van der Waals surface area contributed by atoms with Crippen LogP contribution in [0.15, 0.2) is 41.4 Å². The van der Waals surface area contributed by atoms with Gasteiger partial charge in [-0.25, -0.2) is 4.79 Å². The number of fused-ring (bicyclic) bond motifs is 1. The number of hydrogen-bond donors (Lipinski definition) is 1. The van der Waals surface area contributed by atoms with Crippen molar-refractivity contribution < 1.29 is 9.53 Å². The fraction of sp³-hybridized carbons (Fsp3) is 0.474. The zero-order chi connectivity index (χ0) is 16.9. The molecule has 1 aromatic rings. The molecule has 0 radical (unpaired) electrons. The number of carbonyl (C=O) groups excluding carboxylic acids is 1. The van der Waals surface area contributed by atoms with Crippen molar-refractivity contribution in [3.05, 3.63) is 47.5 Å². The van der Waals surface area contributed by atoms with Crippen molar-refractivity contribution in [2.75, 3.05) is 26.2 Å². The topological polar surface area (TPSA) is 53.9 Å². The molecule has 24 heavy (non-hydrogen) atoms. The van der Waals surface area contributed by atoms with Crippen molar-refractivity contribution in [1.82, 2.24) is 10.2 Å². The molecular formula is C19H25N3O2. The van der Waals surface area contributed by atoms with Gasteiger partial charge in [-0.2, -0.15) is 0 Å². The van der Waals surface area contributed by atoms with Crippen LogP contribution in [0.4, 0.5) is 4.79 Å². The van der Waals surface area contributed by atoms with E-state index in [1.807, 2.05) is 6.92 Å². The molecule has 0 aromatic heterocycles. The van der Waals surface area contributed by atoms with Gasteiger partial charge in [0.1, 0.15) is 12.4 Å². The maximum absolute atomic E-state index is 11.8. The number of alkyl carbamates (subject to hydrolysis) is 1. The van der Waals surface area contributed by atoms with E-state index in [0.717, 1.165) is 50.3 Å². The van der Waals surface area contributed by atoms with Crippen molar-refractivity contribution in [2.24, 2.45) is 4.99 Å². The summed E-state index contributed by atoms with van der Waals surface area (Å²) in [4.78, 5) is 18.8. The lowest BCUT2D eigenvalue weighted by Gasteiger charge is -2.36. The highest BCUT2D eigenvalue weighted by Gasteiger charge is 2.25. The Bertz CT molecular complexity index is 646. The van der Waals surface area contributed by atoms with E-state index in [9.17, 15) is 4.79 Å². The van der Waals surface area contributed by atoms with Crippen molar-refractivity contribution in [1.29, 1.82) is 0 Å². The van der Waals surface area contributed by atoms with Crippen molar-refractivity contribution in [3.8, 4) is 0 Å². The number of piperidine rings is 1. The van der Waals surface area contributed by atoms with Crippen LogP contribution in [0, 0.1) is 0 Å². The van der Waals surface area contributed by atoms with Gasteiger partial charge in [-0.05, 0) is 37.3 Å². The number of amides is 1. The Labute approximate surface area is 143 Å². The maximum Gasteiger partial charge on any atom is 0.407 e. The summed E-state index contributed by atoms with van der Waals surface area (Å²) in [6.07, 6.45) is 2.48. The highest BCUT2D eigenvalue weighted by molar-refractivity contribution is 6.00. The van der Waals surface area contributed by atoms with Gasteiger partial charge in [0.15, 0.2) is 0 Å². The Balaban J connectivity index is 1.53. The Kier molecular flexibility index (Phi) is 5.18. The van der Waals surface area contributed by atoms with Crippen molar-refractivity contribution in [3.63, 3.8) is 0 Å². The molecule has 2 aliphatic rings. The van der Waals surface area contributed by atoms with Gasteiger partial charge in [-0.15, -0.1) is 0 Å². The molecule has 1 N–H and O–H groups in total. The second-order valence-corrected chi connectivity index (χ2v) is 6.55. The van der Waals surface area contributed by atoms with Gasteiger partial charge in [0.25, 0.3) is 0 Å². The molecule has 0 saturated carbocycles. The molecule has 2 heterocycles. The first-order valence-corrected chi connectivity index (χ1v) is 8.59. The van der Waals surface area contributed by atoms with E-state index in [4.69, 9.17) is 9.73 Å². The summed E-state index contributed by atoms with van der Waals surface area (Å²) in [5.41, 5.74) is 3.48. The van der Waals surface area contributed by atoms with Crippen LogP contribution in [0.3, 0.4) is 0 Å². The van der Waals surface area contributed by atoms with Crippen LogP contribution < -0.4 is 5.32 Å². The molecule has 1 aromatic carbocycles. The van der Waals surface area contributed by atoms with Gasteiger partial charge < -0.3 is 15.0 Å². The number of ether oxygens (including phenoxy) is 1. The monoisotopic (exact) mass is 327 g/mol. The lowest BCUT2D eigenvalue weighted by molar-refractivity contribution is 0.146. The molecule has 5 nitrogen and oxygen atoms in total. The highest BCUT2D eigenvalue weighted by atomic mass is 16.5. The molecule has 0 spiro atoms. The zero-order valence-corrected chi connectivity index (χ0v) is 14.3. The van der Waals surface area contributed by atoms with Crippen molar-refractivity contribution in [2.45, 2.75) is 32.2 Å². The molecule has 0 bridgehead atoms. The number of rotatable bonds is 3. The average molecular weight is 327 g/mol. The minimum atomic E-state index is -0.350. The van der Waals surface area contributed by atoms with Gasteiger partial charge in [0.2, 0.25) is 0 Å². The molecular weight excluding hydrogens is 302 g/mol. The van der Waals surface area contributed by atoms with Crippen LogP contribution in [0.2, 0.25) is 0 Å². The fourth-order valence-electron chi connectivity index (χ4n) is 3.23. The number of benzene rings is 1. The summed E-state index contributed by atoms with van der Waals surface area (Å²) in [5, 5.41) is 2.95. The average Bonchev–Trinajstić information content (AvgIpc) is 2.60. The van der Waals surface area contributed by atoms with E-state index in [1.54, 1.807) is 0 Å². The largest absolute Gasteiger partial charge is 0.445 e. The number of hydrogen-bond acceptors (Lipinski definition) is 4. The summed E-state index contributed by atoms with van der Waals surface area (Å²) >= 11 is 0. The fourth-order valence-corrected chi connectivity index (χ4v) is 3.23. The van der Waals surface area contributed by atoms with Crippen LogP contribution in [0.5, 0.6) is 0 Å². The third-order valence-corrected chi connectivity index (χ3v) is 4.47. The second kappa shape index (κ2) is 7.51. The maximum atomic E-state index is 11.8. The van der Waals surface area contributed by atoms with Crippen molar-refractivity contribution >= 4 is 11.9 Å². The molecule has 0 atom stereocenters. The smallest absolute Gasteiger partial charge is 0.407 e. The predicted octanol–water partition coefficient (Wildman–Crippen LogP) is 2.76. The SMILES string of the molecule is C=C(C)COC(=O)NC1CCN(C2=NCCc3ccccc32)CC1. The Morgan fingerprint density at radius 3 is 2.88 bits per heavy atom. The van der Waals surface area contributed by atoms with E-state index in [2.05, 4.69) is 41.1 Å². The van der Waals surface area contributed by atoms with Crippen LogP contribution >= 0.6 is 0 Å². The molecule has 1 saturated heterocycles. The molecule has 0 unspecified atom stereocenters. The first-order chi connectivity index (χ1) is 11.6. The molecule has 128 valence electrons. The Morgan fingerprint density at radius 2 is 2.12 bits per heavy atom. The summed E-state index contributed by atoms with van der Waals surface area (Å²) in [6, 6.07) is 8.68. The van der Waals surface area contributed by atoms with E-state index in [1.165, 1.54) is 11.1 Å². The van der Waals surface area contributed by atoms with Crippen LogP contribution in [0.1, 0.15) is 30.9 Å². The normalized spacial score (nSPS) is 17.7. The summed E-state index contributed by atoms with van der Waals surface area (Å²) in [5.74, 6) is 1.11. The lowest BCUT2D eigenvalue weighted by Crippen LogP contribution is -2.47. The molecule has 1 fully saturated rings. The van der Waals surface area contributed by atoms with E-state index < -0.39 is 0 Å². The standard InChI is InChI=1S/C19H25N3O2/c1-14(2)13-24-19(23)21-16-8-11-22(12-9-16)18-17-6-4-3-5-15(17)7-10-20-18/h3-6,16H,1,7-13H2,2H3,(H,21,23). The number of nitrogens with zero attached hydrogens (tertiary/aromatic N) is 2. The Hall–Kier alpha value is -2.30. The predicted molar refractivity (Wildman–Crippen MR) is 95.4 cm³/mol. The minimum Gasteiger partial charge on any atom is -0.445 e. The van der Waals surface area contributed by atoms with Crippen LogP contribution in [0.25, 0.3) is 0 Å². The zero-order valence-electron chi connectivity index (χ0n) is 14.3. The summed E-state index contributed by atoms with van der Waals surface area (Å²) in [6.45, 7) is 8.51. The van der Waals surface area contributed by atoms with Crippen LogP contribution in [-0.4, -0.2) is 49.1 Å². The molecule has 0 aliphatic carbocycles. The Morgan fingerprint density at radius 1 is 1.38 bits per heavy atom. The number of carbonyl (C=O) groups is 1. The number of amidine groups is 1. The third kappa shape index (κ3) is 3.96.